The number of nitrogens with zero attached hydrogens (tertiary/aromatic N) is 3. The standard InChI is InChI=1S/C20H29F2N3O5S/c1-3-20(21,22)19(26)25-10-8-16(9-11-25)29-14-4-6-15(7-5-14)30-17-12-24-18(13-23-17)31(2,27)28/h12-16H,3-11H2,1-2H3. The zero-order valence-electron chi connectivity index (χ0n) is 17.8. The Kier molecular flexibility index (Phi) is 7.46. The highest BCUT2D eigenvalue weighted by Gasteiger charge is 2.41. The molecule has 8 nitrogen and oxygen atoms in total. The van der Waals surface area contributed by atoms with E-state index in [1.807, 2.05) is 0 Å². The van der Waals surface area contributed by atoms with Crippen LogP contribution < -0.4 is 4.74 Å². The minimum Gasteiger partial charge on any atom is -0.473 e. The average Bonchev–Trinajstić information content (AvgIpc) is 2.75. The molecule has 0 spiro atoms. The number of hydrogen-bond donors (Lipinski definition) is 0. The maximum absolute atomic E-state index is 13.6. The summed E-state index contributed by atoms with van der Waals surface area (Å²) in [6.07, 6.45) is 7.33. The van der Waals surface area contributed by atoms with Gasteiger partial charge in [-0.05, 0) is 38.5 Å². The van der Waals surface area contributed by atoms with Crippen LogP contribution in [0.3, 0.4) is 0 Å². The van der Waals surface area contributed by atoms with Crippen LogP contribution in [0.5, 0.6) is 5.88 Å². The third kappa shape index (κ3) is 6.31. The number of halogens is 2. The second-order valence-electron chi connectivity index (χ2n) is 8.17. The fraction of sp³-hybridized carbons (Fsp3) is 0.750. The molecule has 31 heavy (non-hydrogen) atoms. The van der Waals surface area contributed by atoms with Crippen LogP contribution in [0.1, 0.15) is 51.9 Å². The van der Waals surface area contributed by atoms with Gasteiger partial charge in [-0.2, -0.15) is 8.78 Å². The first kappa shape index (κ1) is 23.8. The average molecular weight is 462 g/mol. The largest absolute Gasteiger partial charge is 0.473 e. The fourth-order valence-corrected chi connectivity index (χ4v) is 4.35. The van der Waals surface area contributed by atoms with Crippen LogP contribution >= 0.6 is 0 Å². The van der Waals surface area contributed by atoms with Crippen LogP contribution in [0.2, 0.25) is 0 Å². The SMILES string of the molecule is CCC(F)(F)C(=O)N1CCC(OC2CCC(Oc3cnc(S(C)(=O)=O)cn3)CC2)CC1. The first-order valence-corrected chi connectivity index (χ1v) is 12.5. The number of carbonyl (C=O) groups is 1. The summed E-state index contributed by atoms with van der Waals surface area (Å²) >= 11 is 0. The number of alkyl halides is 2. The normalized spacial score (nSPS) is 23.5. The van der Waals surface area contributed by atoms with E-state index < -0.39 is 28.1 Å². The lowest BCUT2D eigenvalue weighted by Crippen LogP contribution is -2.48. The van der Waals surface area contributed by atoms with E-state index in [1.54, 1.807) is 0 Å². The maximum Gasteiger partial charge on any atom is 0.324 e. The molecule has 1 saturated heterocycles. The molecule has 3 rings (SSSR count). The molecule has 0 unspecified atom stereocenters. The Morgan fingerprint density at radius 2 is 1.65 bits per heavy atom. The zero-order valence-corrected chi connectivity index (χ0v) is 18.6. The van der Waals surface area contributed by atoms with Crippen LogP contribution in [-0.4, -0.2) is 72.8 Å². The Morgan fingerprint density at radius 3 is 2.16 bits per heavy atom. The number of ether oxygens (including phenoxy) is 2. The minimum atomic E-state index is -3.40. The van der Waals surface area contributed by atoms with Crippen molar-refractivity contribution in [3.8, 4) is 5.88 Å². The molecule has 0 bridgehead atoms. The van der Waals surface area contributed by atoms with E-state index in [2.05, 4.69) is 9.97 Å². The van der Waals surface area contributed by atoms with E-state index in [-0.39, 0.29) is 29.2 Å². The van der Waals surface area contributed by atoms with E-state index in [9.17, 15) is 22.0 Å². The van der Waals surface area contributed by atoms with Crippen molar-refractivity contribution < 1.29 is 31.5 Å². The molecule has 0 aromatic carbocycles. The van der Waals surface area contributed by atoms with Gasteiger partial charge in [-0.15, -0.1) is 0 Å². The molecular formula is C20H29F2N3O5S. The summed E-state index contributed by atoms with van der Waals surface area (Å²) in [4.78, 5) is 21.0. The molecule has 11 heteroatoms. The number of likely N-dealkylation sites (tertiary alicyclic amines) is 1. The smallest absolute Gasteiger partial charge is 0.324 e. The minimum absolute atomic E-state index is 0.0313. The Bertz CT molecular complexity index is 850. The van der Waals surface area contributed by atoms with Gasteiger partial charge >= 0.3 is 5.92 Å². The lowest BCUT2D eigenvalue weighted by atomic mass is 9.94. The van der Waals surface area contributed by atoms with E-state index in [1.165, 1.54) is 24.2 Å². The van der Waals surface area contributed by atoms with Crippen LogP contribution in [0.4, 0.5) is 8.78 Å². The summed E-state index contributed by atoms with van der Waals surface area (Å²) < 4.78 is 62.0. The van der Waals surface area contributed by atoms with Crippen molar-refractivity contribution in [2.24, 2.45) is 0 Å². The third-order valence-corrected chi connectivity index (χ3v) is 6.73. The zero-order chi connectivity index (χ0) is 22.6. The summed E-state index contributed by atoms with van der Waals surface area (Å²) in [5, 5.41) is -0.0943. The molecular weight excluding hydrogens is 432 g/mol. The van der Waals surface area contributed by atoms with Gasteiger partial charge in [0, 0.05) is 25.8 Å². The molecule has 174 valence electrons. The number of carbonyl (C=O) groups excluding carboxylic acids is 1. The van der Waals surface area contributed by atoms with Gasteiger partial charge in [0.25, 0.3) is 5.91 Å². The predicted octanol–water partition coefficient (Wildman–Crippen LogP) is 2.62. The number of piperidine rings is 1. The fourth-order valence-electron chi connectivity index (χ4n) is 3.86. The molecule has 2 heterocycles. The highest BCUT2D eigenvalue weighted by Crippen LogP contribution is 2.29. The molecule has 1 amide bonds. The Hall–Kier alpha value is -1.88. The van der Waals surface area contributed by atoms with Crippen LogP contribution in [-0.2, 0) is 19.4 Å². The lowest BCUT2D eigenvalue weighted by Gasteiger charge is -2.36. The highest BCUT2D eigenvalue weighted by atomic mass is 32.2. The number of amides is 1. The van der Waals surface area contributed by atoms with Crippen molar-refractivity contribution in [2.45, 2.75) is 81.1 Å². The molecule has 1 aromatic rings. The molecule has 2 fully saturated rings. The van der Waals surface area contributed by atoms with Crippen molar-refractivity contribution in [1.29, 1.82) is 0 Å². The van der Waals surface area contributed by atoms with Crippen LogP contribution in [0.25, 0.3) is 0 Å². The van der Waals surface area contributed by atoms with Crippen molar-refractivity contribution >= 4 is 15.7 Å². The van der Waals surface area contributed by atoms with E-state index in [4.69, 9.17) is 9.47 Å². The molecule has 0 radical (unpaired) electrons. The molecule has 1 aromatic heterocycles. The monoisotopic (exact) mass is 461 g/mol. The maximum atomic E-state index is 13.6. The predicted molar refractivity (Wildman–Crippen MR) is 108 cm³/mol. The first-order chi connectivity index (χ1) is 14.6. The topological polar surface area (TPSA) is 98.7 Å². The summed E-state index contributed by atoms with van der Waals surface area (Å²) in [6.45, 7) is 1.89. The summed E-state index contributed by atoms with van der Waals surface area (Å²) in [6, 6.07) is 0. The Morgan fingerprint density at radius 1 is 1.06 bits per heavy atom. The molecule has 1 aliphatic heterocycles. The summed E-state index contributed by atoms with van der Waals surface area (Å²) in [5.74, 6) is -4.09. The van der Waals surface area contributed by atoms with Crippen LogP contribution in [0, 0.1) is 0 Å². The van der Waals surface area contributed by atoms with Gasteiger partial charge in [0.2, 0.25) is 5.88 Å². The Balaban J connectivity index is 1.39. The van der Waals surface area contributed by atoms with Gasteiger partial charge in [-0.1, -0.05) is 6.92 Å². The number of hydrogen-bond acceptors (Lipinski definition) is 7. The number of rotatable bonds is 7. The van der Waals surface area contributed by atoms with Crippen molar-refractivity contribution in [2.75, 3.05) is 19.3 Å². The van der Waals surface area contributed by atoms with Gasteiger partial charge in [0.1, 0.15) is 6.10 Å². The van der Waals surface area contributed by atoms with Gasteiger partial charge < -0.3 is 14.4 Å². The third-order valence-electron chi connectivity index (χ3n) is 5.76. The van der Waals surface area contributed by atoms with Gasteiger partial charge in [0.15, 0.2) is 14.9 Å². The van der Waals surface area contributed by atoms with E-state index in [0.717, 1.165) is 31.9 Å². The molecule has 0 atom stereocenters. The number of sulfone groups is 1. The highest BCUT2D eigenvalue weighted by molar-refractivity contribution is 7.90. The molecule has 2 aliphatic rings. The summed E-state index contributed by atoms with van der Waals surface area (Å²) in [7, 11) is -3.40. The van der Waals surface area contributed by atoms with Crippen LogP contribution in [0.15, 0.2) is 17.4 Å². The second-order valence-corrected chi connectivity index (χ2v) is 10.1. The second kappa shape index (κ2) is 9.72. The summed E-state index contributed by atoms with van der Waals surface area (Å²) in [5.41, 5.74) is 0. The lowest BCUT2D eigenvalue weighted by molar-refractivity contribution is -0.161. The number of aromatic nitrogens is 2. The molecule has 1 saturated carbocycles. The molecule has 0 N–H and O–H groups in total. The van der Waals surface area contributed by atoms with Crippen molar-refractivity contribution in [1.82, 2.24) is 14.9 Å². The van der Waals surface area contributed by atoms with Crippen molar-refractivity contribution in [3.05, 3.63) is 12.4 Å². The first-order valence-electron chi connectivity index (χ1n) is 10.6. The van der Waals surface area contributed by atoms with Gasteiger partial charge in [-0.3, -0.25) is 4.79 Å². The van der Waals surface area contributed by atoms with Gasteiger partial charge in [-0.25, -0.2) is 18.4 Å². The quantitative estimate of drug-likeness (QED) is 0.616. The van der Waals surface area contributed by atoms with E-state index >= 15 is 0 Å². The van der Waals surface area contributed by atoms with E-state index in [0.29, 0.717) is 25.9 Å². The van der Waals surface area contributed by atoms with Crippen molar-refractivity contribution in [3.63, 3.8) is 0 Å². The van der Waals surface area contributed by atoms with Gasteiger partial charge in [0.05, 0.1) is 24.6 Å². The molecule has 1 aliphatic carbocycles. The Labute approximate surface area is 181 Å².